The highest BCUT2D eigenvalue weighted by Gasteiger charge is 2.38. The molecule has 1 heterocycles. The van der Waals surface area contributed by atoms with Gasteiger partial charge in [-0.3, -0.25) is 9.59 Å². The molecule has 1 fully saturated rings. The van der Waals surface area contributed by atoms with Crippen LogP contribution in [0.15, 0.2) is 12.1 Å². The first-order valence-corrected chi connectivity index (χ1v) is 7.80. The third kappa shape index (κ3) is 3.96. The molecule has 1 amide bonds. The van der Waals surface area contributed by atoms with Crippen LogP contribution >= 0.6 is 0 Å². The van der Waals surface area contributed by atoms with Crippen LogP contribution in [0.25, 0.3) is 0 Å². The summed E-state index contributed by atoms with van der Waals surface area (Å²) in [5.41, 5.74) is 0.285. The summed E-state index contributed by atoms with van der Waals surface area (Å²) in [6.07, 6.45) is 0.144. The van der Waals surface area contributed by atoms with Crippen LogP contribution in [0.5, 0.6) is 17.2 Å². The maximum atomic E-state index is 13.0. The van der Waals surface area contributed by atoms with E-state index in [0.717, 1.165) is 0 Å². The quantitative estimate of drug-likeness (QED) is 0.792. The summed E-state index contributed by atoms with van der Waals surface area (Å²) in [6.45, 7) is 0.324. The molecule has 2 rings (SSSR count). The van der Waals surface area contributed by atoms with Gasteiger partial charge in [0.15, 0.2) is 11.5 Å². The summed E-state index contributed by atoms with van der Waals surface area (Å²) in [5.74, 6) is -0.127. The molecule has 1 saturated heterocycles. The molecule has 0 spiro atoms. The van der Waals surface area contributed by atoms with Crippen LogP contribution in [0, 0.1) is 0 Å². The number of amides is 1. The van der Waals surface area contributed by atoms with Crippen LogP contribution in [0.2, 0.25) is 0 Å². The van der Waals surface area contributed by atoms with Gasteiger partial charge in [-0.2, -0.15) is 0 Å². The number of likely N-dealkylation sites (tertiary alicyclic amines) is 1. The van der Waals surface area contributed by atoms with Gasteiger partial charge in [0.25, 0.3) is 5.91 Å². The van der Waals surface area contributed by atoms with Gasteiger partial charge >= 0.3 is 5.97 Å². The van der Waals surface area contributed by atoms with Gasteiger partial charge in [-0.25, -0.2) is 0 Å². The van der Waals surface area contributed by atoms with Gasteiger partial charge in [0.2, 0.25) is 0 Å². The lowest BCUT2D eigenvalue weighted by Crippen LogP contribution is -2.37. The Labute approximate surface area is 146 Å². The van der Waals surface area contributed by atoms with E-state index in [0.29, 0.717) is 30.2 Å². The lowest BCUT2D eigenvalue weighted by Gasteiger charge is -2.24. The Kier molecular flexibility index (Phi) is 6.08. The summed E-state index contributed by atoms with van der Waals surface area (Å²) in [6, 6.07) is 2.67. The third-order valence-corrected chi connectivity index (χ3v) is 4.32. The van der Waals surface area contributed by atoms with Crippen molar-refractivity contribution in [1.82, 2.24) is 4.90 Å². The molecule has 2 atom stereocenters. The number of benzene rings is 1. The molecule has 1 aromatic carbocycles. The van der Waals surface area contributed by atoms with Crippen LogP contribution in [-0.4, -0.2) is 69.0 Å². The number of carboxylic acids is 1. The number of aliphatic carboxylic acids is 1. The second-order valence-electron chi connectivity index (χ2n) is 5.71. The summed E-state index contributed by atoms with van der Waals surface area (Å²) < 4.78 is 21.1. The van der Waals surface area contributed by atoms with Gasteiger partial charge in [-0.15, -0.1) is 0 Å². The second kappa shape index (κ2) is 8.06. The molecule has 0 aliphatic carbocycles. The standard InChI is InChI=1S/C17H23NO7/c1-22-11-5-10(6-16(19)20)18(9-11)17(21)12-7-14(24-3)15(25-4)8-13(12)23-2/h7-8,10-11H,5-6,9H2,1-4H3,(H,19,20). The van der Waals surface area contributed by atoms with Gasteiger partial charge in [0, 0.05) is 31.8 Å². The maximum absolute atomic E-state index is 13.0. The number of hydrogen-bond acceptors (Lipinski definition) is 6. The van der Waals surface area contributed by atoms with Crippen molar-refractivity contribution in [3.8, 4) is 17.2 Å². The van der Waals surface area contributed by atoms with Crippen molar-refractivity contribution < 1.29 is 33.6 Å². The molecule has 0 aromatic heterocycles. The van der Waals surface area contributed by atoms with Crippen molar-refractivity contribution in [3.05, 3.63) is 17.7 Å². The van der Waals surface area contributed by atoms with Crippen LogP contribution in [-0.2, 0) is 9.53 Å². The zero-order valence-electron chi connectivity index (χ0n) is 14.8. The van der Waals surface area contributed by atoms with Crippen LogP contribution in [0.1, 0.15) is 23.2 Å². The van der Waals surface area contributed by atoms with Crippen LogP contribution < -0.4 is 14.2 Å². The largest absolute Gasteiger partial charge is 0.496 e. The number of carbonyl (C=O) groups excluding carboxylic acids is 1. The Balaban J connectivity index is 2.38. The minimum absolute atomic E-state index is 0.138. The molecular formula is C17H23NO7. The van der Waals surface area contributed by atoms with Gasteiger partial charge in [-0.05, 0) is 6.42 Å². The first kappa shape index (κ1) is 18.9. The number of carbonyl (C=O) groups is 2. The zero-order chi connectivity index (χ0) is 18.6. The van der Waals surface area contributed by atoms with Crippen molar-refractivity contribution in [2.24, 2.45) is 0 Å². The van der Waals surface area contributed by atoms with Crippen molar-refractivity contribution in [3.63, 3.8) is 0 Å². The first-order valence-electron chi connectivity index (χ1n) is 7.80. The van der Waals surface area contributed by atoms with E-state index in [1.807, 2.05) is 0 Å². The van der Waals surface area contributed by atoms with E-state index in [4.69, 9.17) is 24.1 Å². The summed E-state index contributed by atoms with van der Waals surface area (Å²) >= 11 is 0. The van der Waals surface area contributed by atoms with Gasteiger partial charge in [0.1, 0.15) is 5.75 Å². The monoisotopic (exact) mass is 353 g/mol. The number of ether oxygens (including phenoxy) is 4. The van der Waals surface area contributed by atoms with E-state index in [2.05, 4.69) is 0 Å². The molecule has 0 saturated carbocycles. The number of carboxylic acid groups (broad SMARTS) is 1. The van der Waals surface area contributed by atoms with E-state index in [1.54, 1.807) is 13.2 Å². The highest BCUT2D eigenvalue weighted by atomic mass is 16.5. The Bertz CT molecular complexity index is 646. The SMILES string of the molecule is COc1cc(OC)c(C(=O)N2CC(OC)CC2CC(=O)O)cc1OC. The van der Waals surface area contributed by atoms with Crippen LogP contribution in [0.4, 0.5) is 0 Å². The van der Waals surface area contributed by atoms with Crippen molar-refractivity contribution >= 4 is 11.9 Å². The molecule has 1 N–H and O–H groups in total. The van der Waals surface area contributed by atoms with Crippen molar-refractivity contribution in [2.75, 3.05) is 35.0 Å². The molecular weight excluding hydrogens is 330 g/mol. The van der Waals surface area contributed by atoms with E-state index in [-0.39, 0.29) is 24.0 Å². The molecule has 1 aromatic rings. The Hall–Kier alpha value is -2.48. The highest BCUT2D eigenvalue weighted by Crippen LogP contribution is 2.36. The minimum Gasteiger partial charge on any atom is -0.496 e. The topological polar surface area (TPSA) is 94.5 Å². The first-order chi connectivity index (χ1) is 11.9. The number of nitrogens with zero attached hydrogens (tertiary/aromatic N) is 1. The van der Waals surface area contributed by atoms with Gasteiger partial charge in [-0.1, -0.05) is 0 Å². The molecule has 0 radical (unpaired) electrons. The number of rotatable bonds is 7. The number of methoxy groups -OCH3 is 4. The highest BCUT2D eigenvalue weighted by molar-refractivity contribution is 5.98. The summed E-state index contributed by atoms with van der Waals surface area (Å²) in [7, 11) is 5.97. The molecule has 1 aliphatic rings. The third-order valence-electron chi connectivity index (χ3n) is 4.32. The molecule has 25 heavy (non-hydrogen) atoms. The predicted molar refractivity (Wildman–Crippen MR) is 88.6 cm³/mol. The second-order valence-corrected chi connectivity index (χ2v) is 5.71. The molecule has 0 bridgehead atoms. The molecule has 2 unspecified atom stereocenters. The normalized spacial score (nSPS) is 19.6. The van der Waals surface area contributed by atoms with Crippen molar-refractivity contribution in [1.29, 1.82) is 0 Å². The average molecular weight is 353 g/mol. The lowest BCUT2D eigenvalue weighted by atomic mass is 10.1. The lowest BCUT2D eigenvalue weighted by molar-refractivity contribution is -0.137. The van der Waals surface area contributed by atoms with Crippen molar-refractivity contribution in [2.45, 2.75) is 25.0 Å². The van der Waals surface area contributed by atoms with Crippen LogP contribution in [0.3, 0.4) is 0 Å². The maximum Gasteiger partial charge on any atom is 0.305 e. The Morgan fingerprint density at radius 2 is 1.68 bits per heavy atom. The molecule has 8 nitrogen and oxygen atoms in total. The minimum atomic E-state index is -0.959. The predicted octanol–water partition coefficient (Wildman–Crippen LogP) is 1.42. The fourth-order valence-electron chi connectivity index (χ4n) is 3.04. The molecule has 138 valence electrons. The fraction of sp³-hybridized carbons (Fsp3) is 0.529. The molecule has 8 heteroatoms. The summed E-state index contributed by atoms with van der Waals surface area (Å²) in [5, 5.41) is 9.11. The zero-order valence-corrected chi connectivity index (χ0v) is 14.8. The van der Waals surface area contributed by atoms with Gasteiger partial charge < -0.3 is 29.0 Å². The van der Waals surface area contributed by atoms with E-state index >= 15 is 0 Å². The van der Waals surface area contributed by atoms with E-state index < -0.39 is 12.0 Å². The smallest absolute Gasteiger partial charge is 0.305 e. The number of hydrogen-bond donors (Lipinski definition) is 1. The Morgan fingerprint density at radius 1 is 1.08 bits per heavy atom. The molecule has 1 aliphatic heterocycles. The fourth-order valence-corrected chi connectivity index (χ4v) is 3.04. The van der Waals surface area contributed by atoms with E-state index in [1.165, 1.54) is 32.3 Å². The summed E-state index contributed by atoms with van der Waals surface area (Å²) in [4.78, 5) is 25.7. The van der Waals surface area contributed by atoms with E-state index in [9.17, 15) is 9.59 Å². The Morgan fingerprint density at radius 3 is 2.20 bits per heavy atom. The van der Waals surface area contributed by atoms with Gasteiger partial charge in [0.05, 0.1) is 39.4 Å². The average Bonchev–Trinajstić information content (AvgIpc) is 3.01.